The van der Waals surface area contributed by atoms with Crippen LogP contribution in [0.2, 0.25) is 0 Å². The van der Waals surface area contributed by atoms with Gasteiger partial charge >= 0.3 is 0 Å². The topological polar surface area (TPSA) is 98.8 Å². The number of benzene rings is 1. The number of hydrogen-bond acceptors (Lipinski definition) is 7. The zero-order valence-corrected chi connectivity index (χ0v) is 16.3. The van der Waals surface area contributed by atoms with Gasteiger partial charge in [0.2, 0.25) is 5.95 Å². The molecule has 2 aromatic heterocycles. The first kappa shape index (κ1) is 18.6. The highest BCUT2D eigenvalue weighted by Gasteiger charge is 2.21. The summed E-state index contributed by atoms with van der Waals surface area (Å²) in [7, 11) is 0. The molecule has 0 saturated carbocycles. The van der Waals surface area contributed by atoms with Gasteiger partial charge in [0.25, 0.3) is 5.78 Å². The van der Waals surface area contributed by atoms with Gasteiger partial charge in [-0.2, -0.15) is 4.98 Å². The Kier molecular flexibility index (Phi) is 5.15. The molecule has 0 amide bonds. The van der Waals surface area contributed by atoms with E-state index in [0.717, 1.165) is 42.6 Å². The maximum Gasteiger partial charge on any atom is 0.254 e. The Labute approximate surface area is 163 Å². The second-order valence-electron chi connectivity index (χ2n) is 7.48. The largest absolute Gasteiger partial charge is 0.507 e. The molecule has 1 atom stereocenters. The third-order valence-electron chi connectivity index (χ3n) is 5.18. The van der Waals surface area contributed by atoms with Crippen LogP contribution in [0.15, 0.2) is 24.4 Å². The Bertz CT molecular complexity index is 961. The molecule has 3 N–H and O–H groups in total. The van der Waals surface area contributed by atoms with Crippen LogP contribution in [0.4, 0.5) is 5.95 Å². The number of fused-ring (bicyclic) bond motifs is 1. The van der Waals surface area contributed by atoms with Crippen molar-refractivity contribution < 1.29 is 10.2 Å². The molecular weight excluding hydrogens is 356 g/mol. The molecule has 0 radical (unpaired) electrons. The molecule has 3 heterocycles. The van der Waals surface area contributed by atoms with Crippen LogP contribution >= 0.6 is 0 Å². The second kappa shape index (κ2) is 7.73. The summed E-state index contributed by atoms with van der Waals surface area (Å²) < 4.78 is 1.64. The summed E-state index contributed by atoms with van der Waals surface area (Å²) in [5.74, 6) is 1.26. The smallest absolute Gasteiger partial charge is 0.254 e. The number of phenolic OH excluding ortho intramolecular Hbond substituents is 1. The predicted molar refractivity (Wildman–Crippen MR) is 108 cm³/mol. The van der Waals surface area contributed by atoms with Crippen LogP contribution in [-0.2, 0) is 0 Å². The van der Waals surface area contributed by atoms with Gasteiger partial charge < -0.3 is 15.5 Å². The van der Waals surface area contributed by atoms with Crippen LogP contribution in [0.1, 0.15) is 24.0 Å². The number of phenols is 1. The summed E-state index contributed by atoms with van der Waals surface area (Å²) in [6.07, 6.45) is 3.94. The van der Waals surface area contributed by atoms with Crippen LogP contribution in [0.5, 0.6) is 5.75 Å². The van der Waals surface area contributed by atoms with E-state index in [1.54, 1.807) is 10.6 Å². The number of anilines is 1. The maximum atomic E-state index is 10.4. The summed E-state index contributed by atoms with van der Waals surface area (Å²) in [6, 6.07) is 5.86. The van der Waals surface area contributed by atoms with Crippen molar-refractivity contribution in [3.05, 3.63) is 35.5 Å². The van der Waals surface area contributed by atoms with Crippen molar-refractivity contribution in [3.63, 3.8) is 0 Å². The monoisotopic (exact) mass is 382 g/mol. The zero-order chi connectivity index (χ0) is 19.7. The van der Waals surface area contributed by atoms with Gasteiger partial charge in [-0.05, 0) is 56.5 Å². The van der Waals surface area contributed by atoms with Crippen LogP contribution in [0.25, 0.3) is 17.0 Å². The molecule has 28 heavy (non-hydrogen) atoms. The zero-order valence-electron chi connectivity index (χ0n) is 16.3. The fourth-order valence-corrected chi connectivity index (χ4v) is 3.96. The molecule has 1 unspecified atom stereocenters. The lowest BCUT2D eigenvalue weighted by molar-refractivity contribution is 0.166. The van der Waals surface area contributed by atoms with E-state index in [1.807, 2.05) is 32.2 Å². The molecule has 0 spiro atoms. The van der Waals surface area contributed by atoms with E-state index in [2.05, 4.69) is 25.3 Å². The lowest BCUT2D eigenvalue weighted by atomic mass is 10.0. The van der Waals surface area contributed by atoms with E-state index in [0.29, 0.717) is 24.0 Å². The summed E-state index contributed by atoms with van der Waals surface area (Å²) in [6.45, 7) is 6.67. The van der Waals surface area contributed by atoms with Gasteiger partial charge in [0.05, 0.1) is 12.3 Å². The van der Waals surface area contributed by atoms with E-state index in [1.165, 1.54) is 0 Å². The van der Waals surface area contributed by atoms with Crippen molar-refractivity contribution in [1.29, 1.82) is 0 Å². The minimum Gasteiger partial charge on any atom is -0.507 e. The van der Waals surface area contributed by atoms with Gasteiger partial charge in [0.15, 0.2) is 0 Å². The fourth-order valence-electron chi connectivity index (χ4n) is 3.96. The minimum atomic E-state index is 0.178. The standard InChI is InChI=1S/C20H26N6O2/c1-13-10-14(2)18(17(28)11-13)16-5-7-26-20(22-16)23-19(24-26)21-15-4-3-6-25(12-15)8-9-27/h5,7,10-11,15,27-28H,3-4,6,8-9,12H2,1-2H3,(H,21,24). The number of aryl methyl sites for hydroxylation is 2. The molecule has 1 aliphatic rings. The summed E-state index contributed by atoms with van der Waals surface area (Å²) >= 11 is 0. The molecule has 4 rings (SSSR count). The number of hydrogen-bond donors (Lipinski definition) is 3. The Hall–Kier alpha value is -2.71. The number of rotatable bonds is 5. The molecule has 1 saturated heterocycles. The lowest BCUT2D eigenvalue weighted by Crippen LogP contribution is -2.43. The van der Waals surface area contributed by atoms with Crippen molar-refractivity contribution in [2.75, 3.05) is 31.6 Å². The lowest BCUT2D eigenvalue weighted by Gasteiger charge is -2.32. The first-order valence-electron chi connectivity index (χ1n) is 9.67. The Morgan fingerprint density at radius 2 is 2.11 bits per heavy atom. The van der Waals surface area contributed by atoms with Crippen molar-refractivity contribution >= 4 is 11.7 Å². The average Bonchev–Trinajstić information content (AvgIpc) is 3.03. The predicted octanol–water partition coefficient (Wildman–Crippen LogP) is 1.98. The summed E-state index contributed by atoms with van der Waals surface area (Å²) in [5, 5.41) is 27.4. The molecule has 1 aromatic carbocycles. The van der Waals surface area contributed by atoms with Crippen LogP contribution in [0, 0.1) is 13.8 Å². The number of nitrogens with zero attached hydrogens (tertiary/aromatic N) is 5. The van der Waals surface area contributed by atoms with Gasteiger partial charge in [-0.1, -0.05) is 6.07 Å². The summed E-state index contributed by atoms with van der Waals surface area (Å²) in [4.78, 5) is 11.4. The number of aliphatic hydroxyl groups is 1. The van der Waals surface area contributed by atoms with Gasteiger partial charge in [0, 0.05) is 30.9 Å². The van der Waals surface area contributed by atoms with Crippen LogP contribution in [0.3, 0.4) is 0 Å². The normalized spacial score (nSPS) is 17.9. The van der Waals surface area contributed by atoms with E-state index in [4.69, 9.17) is 5.11 Å². The SMILES string of the molecule is Cc1cc(C)c(-c2ccn3nc(NC4CCCN(CCO)C4)nc3n2)c(O)c1. The Balaban J connectivity index is 1.57. The van der Waals surface area contributed by atoms with Gasteiger partial charge in [-0.3, -0.25) is 4.90 Å². The first-order chi connectivity index (χ1) is 13.5. The van der Waals surface area contributed by atoms with Gasteiger partial charge in [-0.25, -0.2) is 9.50 Å². The number of aromatic hydroxyl groups is 1. The second-order valence-corrected chi connectivity index (χ2v) is 7.48. The van der Waals surface area contributed by atoms with E-state index in [-0.39, 0.29) is 18.4 Å². The highest BCUT2D eigenvalue weighted by molar-refractivity contribution is 5.72. The fraction of sp³-hybridized carbons (Fsp3) is 0.450. The molecule has 148 valence electrons. The minimum absolute atomic E-state index is 0.178. The maximum absolute atomic E-state index is 10.4. The third kappa shape index (κ3) is 3.79. The average molecular weight is 382 g/mol. The molecular formula is C20H26N6O2. The van der Waals surface area contributed by atoms with E-state index >= 15 is 0 Å². The highest BCUT2D eigenvalue weighted by Crippen LogP contribution is 2.32. The van der Waals surface area contributed by atoms with Gasteiger partial charge in [0.1, 0.15) is 5.75 Å². The number of aliphatic hydroxyl groups excluding tert-OH is 1. The Morgan fingerprint density at radius 1 is 1.25 bits per heavy atom. The van der Waals surface area contributed by atoms with Crippen molar-refractivity contribution in [3.8, 4) is 17.0 Å². The number of nitrogens with one attached hydrogen (secondary N) is 1. The Morgan fingerprint density at radius 3 is 2.89 bits per heavy atom. The van der Waals surface area contributed by atoms with E-state index < -0.39 is 0 Å². The highest BCUT2D eigenvalue weighted by atomic mass is 16.3. The van der Waals surface area contributed by atoms with Crippen molar-refractivity contribution in [2.24, 2.45) is 0 Å². The molecule has 8 heteroatoms. The van der Waals surface area contributed by atoms with E-state index in [9.17, 15) is 5.11 Å². The molecule has 0 aliphatic carbocycles. The van der Waals surface area contributed by atoms with Crippen molar-refractivity contribution in [1.82, 2.24) is 24.5 Å². The molecule has 8 nitrogen and oxygen atoms in total. The summed E-state index contributed by atoms with van der Waals surface area (Å²) in [5.41, 5.74) is 3.38. The molecule has 3 aromatic rings. The third-order valence-corrected chi connectivity index (χ3v) is 5.18. The number of aromatic nitrogens is 4. The van der Waals surface area contributed by atoms with Crippen molar-refractivity contribution in [2.45, 2.75) is 32.7 Å². The molecule has 1 fully saturated rings. The number of piperidine rings is 1. The number of β-amino-alcohol motifs (C(OH)–C–C–N with tert-alkyl or cyclic N) is 1. The number of likely N-dealkylation sites (tertiary alicyclic amines) is 1. The molecule has 1 aliphatic heterocycles. The van der Waals surface area contributed by atoms with Crippen LogP contribution in [-0.4, -0.2) is 67.0 Å². The molecule has 0 bridgehead atoms. The van der Waals surface area contributed by atoms with Crippen LogP contribution < -0.4 is 5.32 Å². The quantitative estimate of drug-likeness (QED) is 0.620. The van der Waals surface area contributed by atoms with Gasteiger partial charge in [-0.15, -0.1) is 5.10 Å². The first-order valence-corrected chi connectivity index (χ1v) is 9.67.